The van der Waals surface area contributed by atoms with Crippen LogP contribution in [0, 0.1) is 5.92 Å². The van der Waals surface area contributed by atoms with E-state index in [1.165, 1.54) is 5.56 Å². The summed E-state index contributed by atoms with van der Waals surface area (Å²) in [6.07, 6.45) is 7.66. The van der Waals surface area contributed by atoms with Crippen LogP contribution in [0.3, 0.4) is 0 Å². The van der Waals surface area contributed by atoms with Crippen molar-refractivity contribution in [2.24, 2.45) is 5.92 Å². The van der Waals surface area contributed by atoms with E-state index in [2.05, 4.69) is 33.2 Å². The fraction of sp³-hybridized carbons (Fsp3) is 0.444. The van der Waals surface area contributed by atoms with Gasteiger partial charge in [-0.05, 0) is 55.4 Å². The fourth-order valence-electron chi connectivity index (χ4n) is 3.59. The molecular weight excluding hydrogens is 356 g/mol. The highest BCUT2D eigenvalue weighted by molar-refractivity contribution is 9.10. The van der Waals surface area contributed by atoms with Crippen molar-refractivity contribution in [2.75, 3.05) is 0 Å². The highest BCUT2D eigenvalue weighted by atomic mass is 79.9. The van der Waals surface area contributed by atoms with Crippen LogP contribution in [0.1, 0.15) is 43.2 Å². The summed E-state index contributed by atoms with van der Waals surface area (Å²) in [6.45, 7) is 0. The van der Waals surface area contributed by atoms with Crippen molar-refractivity contribution in [1.82, 2.24) is 9.78 Å². The van der Waals surface area contributed by atoms with Gasteiger partial charge < -0.3 is 4.74 Å². The molecule has 2 saturated carbocycles. The van der Waals surface area contributed by atoms with Crippen molar-refractivity contribution in [3.63, 3.8) is 0 Å². The van der Waals surface area contributed by atoms with Gasteiger partial charge in [0.1, 0.15) is 6.10 Å². The average Bonchev–Trinajstić information content (AvgIpc) is 2.95. The largest absolute Gasteiger partial charge is 0.460 e. The first kappa shape index (κ1) is 14.9. The van der Waals surface area contributed by atoms with Crippen LogP contribution < -0.4 is 0 Å². The van der Waals surface area contributed by atoms with Gasteiger partial charge in [0, 0.05) is 16.9 Å². The van der Waals surface area contributed by atoms with Crippen LogP contribution in [-0.4, -0.2) is 21.9 Å². The minimum Gasteiger partial charge on any atom is -0.460 e. The lowest BCUT2D eigenvalue weighted by molar-refractivity contribution is -0.152. The molecule has 0 amide bonds. The summed E-state index contributed by atoms with van der Waals surface area (Å²) in [5.74, 6) is 0.303. The van der Waals surface area contributed by atoms with E-state index < -0.39 is 0 Å². The Hall–Kier alpha value is -1.62. The van der Waals surface area contributed by atoms with E-state index in [9.17, 15) is 4.79 Å². The zero-order chi connectivity index (χ0) is 15.8. The van der Waals surface area contributed by atoms with Crippen molar-refractivity contribution in [3.8, 4) is 0 Å². The highest BCUT2D eigenvalue weighted by Crippen LogP contribution is 2.49. The van der Waals surface area contributed by atoms with Gasteiger partial charge in [-0.1, -0.05) is 28.1 Å². The number of carbonyl (C=O) groups excluding carboxylic acids is 1. The Balaban J connectivity index is 1.38. The van der Waals surface area contributed by atoms with Crippen LogP contribution in [0.5, 0.6) is 0 Å². The first-order valence-corrected chi connectivity index (χ1v) is 8.97. The Bertz CT molecular complexity index is 684. The Morgan fingerprint density at radius 3 is 2.83 bits per heavy atom. The van der Waals surface area contributed by atoms with E-state index in [0.717, 1.165) is 30.2 Å². The van der Waals surface area contributed by atoms with Crippen molar-refractivity contribution >= 4 is 21.9 Å². The summed E-state index contributed by atoms with van der Waals surface area (Å²) < 4.78 is 8.84. The van der Waals surface area contributed by atoms with Crippen molar-refractivity contribution in [1.29, 1.82) is 0 Å². The molecule has 0 saturated heterocycles. The van der Waals surface area contributed by atoms with E-state index in [-0.39, 0.29) is 24.0 Å². The summed E-state index contributed by atoms with van der Waals surface area (Å²) >= 11 is 3.44. The molecule has 0 spiro atoms. The third kappa shape index (κ3) is 3.07. The monoisotopic (exact) mass is 374 g/mol. The molecule has 0 N–H and O–H groups in total. The number of hydrogen-bond acceptors (Lipinski definition) is 3. The van der Waals surface area contributed by atoms with Gasteiger partial charge in [0.15, 0.2) is 0 Å². The molecule has 2 aliphatic carbocycles. The molecule has 23 heavy (non-hydrogen) atoms. The second-order valence-electron chi connectivity index (χ2n) is 6.46. The molecule has 120 valence electrons. The lowest BCUT2D eigenvalue weighted by Crippen LogP contribution is -2.26. The number of ether oxygens (including phenoxy) is 1. The fourth-order valence-corrected chi connectivity index (χ4v) is 3.86. The van der Waals surface area contributed by atoms with Gasteiger partial charge in [0.05, 0.1) is 12.0 Å². The lowest BCUT2D eigenvalue weighted by atomic mass is 10.1. The molecule has 5 heteroatoms. The number of aromatic nitrogens is 2. The average molecular weight is 375 g/mol. The Kier molecular flexibility index (Phi) is 3.97. The predicted octanol–water partition coefficient (Wildman–Crippen LogP) is 4.09. The SMILES string of the molecule is O=C(O[C@@H]1CCC[C@H]1n1cccn1)C1CC1c1ccc(Br)cc1. The maximum Gasteiger partial charge on any atom is 0.309 e. The minimum atomic E-state index is -0.0398. The number of nitrogens with zero attached hydrogens (tertiary/aromatic N) is 2. The number of hydrogen-bond donors (Lipinski definition) is 0. The third-order valence-electron chi connectivity index (χ3n) is 4.94. The van der Waals surface area contributed by atoms with Gasteiger partial charge in [-0.2, -0.15) is 5.10 Å². The number of esters is 1. The molecule has 1 aromatic carbocycles. The molecule has 1 aromatic heterocycles. The van der Waals surface area contributed by atoms with Crippen LogP contribution in [-0.2, 0) is 9.53 Å². The summed E-state index contributed by atoms with van der Waals surface area (Å²) in [7, 11) is 0. The zero-order valence-electron chi connectivity index (χ0n) is 12.8. The minimum absolute atomic E-state index is 0.0232. The normalized spacial score (nSPS) is 29.4. The van der Waals surface area contributed by atoms with Gasteiger partial charge in [0.25, 0.3) is 0 Å². The molecule has 0 bridgehead atoms. The Morgan fingerprint density at radius 1 is 1.26 bits per heavy atom. The van der Waals surface area contributed by atoms with Gasteiger partial charge in [-0.15, -0.1) is 0 Å². The van der Waals surface area contributed by atoms with Crippen molar-refractivity contribution < 1.29 is 9.53 Å². The van der Waals surface area contributed by atoms with Crippen LogP contribution in [0.4, 0.5) is 0 Å². The van der Waals surface area contributed by atoms with E-state index >= 15 is 0 Å². The second kappa shape index (κ2) is 6.11. The molecule has 0 radical (unpaired) electrons. The first-order chi connectivity index (χ1) is 11.2. The molecule has 4 nitrogen and oxygen atoms in total. The summed E-state index contributed by atoms with van der Waals surface area (Å²) in [6, 6.07) is 10.3. The summed E-state index contributed by atoms with van der Waals surface area (Å²) in [4.78, 5) is 12.5. The van der Waals surface area contributed by atoms with E-state index in [1.54, 1.807) is 6.20 Å². The third-order valence-corrected chi connectivity index (χ3v) is 5.47. The van der Waals surface area contributed by atoms with Crippen LogP contribution in [0.25, 0.3) is 0 Å². The Labute approximate surface area is 144 Å². The summed E-state index contributed by atoms with van der Waals surface area (Å²) in [5, 5.41) is 4.31. The van der Waals surface area contributed by atoms with Crippen molar-refractivity contribution in [3.05, 3.63) is 52.8 Å². The quantitative estimate of drug-likeness (QED) is 0.757. The highest BCUT2D eigenvalue weighted by Gasteiger charge is 2.46. The lowest BCUT2D eigenvalue weighted by Gasteiger charge is -2.20. The van der Waals surface area contributed by atoms with Crippen molar-refractivity contribution in [2.45, 2.75) is 43.7 Å². The number of benzene rings is 1. The van der Waals surface area contributed by atoms with E-state index in [0.29, 0.717) is 5.92 Å². The number of halogens is 1. The van der Waals surface area contributed by atoms with E-state index in [4.69, 9.17) is 4.74 Å². The molecule has 2 fully saturated rings. The maximum atomic E-state index is 12.5. The molecule has 4 atom stereocenters. The van der Waals surface area contributed by atoms with Crippen LogP contribution in [0.15, 0.2) is 47.2 Å². The Morgan fingerprint density at radius 2 is 2.09 bits per heavy atom. The molecular formula is C18H19BrN2O2. The molecule has 4 rings (SSSR count). The molecule has 2 aromatic rings. The zero-order valence-corrected chi connectivity index (χ0v) is 14.4. The summed E-state index contributed by atoms with van der Waals surface area (Å²) in [5.41, 5.74) is 1.23. The molecule has 0 aliphatic heterocycles. The smallest absolute Gasteiger partial charge is 0.309 e. The van der Waals surface area contributed by atoms with Gasteiger partial charge >= 0.3 is 5.97 Å². The number of rotatable bonds is 4. The van der Waals surface area contributed by atoms with Crippen LogP contribution >= 0.6 is 15.9 Å². The molecule has 2 aliphatic rings. The van der Waals surface area contributed by atoms with Gasteiger partial charge in [-0.3, -0.25) is 9.48 Å². The van der Waals surface area contributed by atoms with Gasteiger partial charge in [0.2, 0.25) is 0 Å². The van der Waals surface area contributed by atoms with E-state index in [1.807, 2.05) is 29.1 Å². The molecule has 1 heterocycles. The first-order valence-electron chi connectivity index (χ1n) is 8.17. The predicted molar refractivity (Wildman–Crippen MR) is 90.0 cm³/mol. The topological polar surface area (TPSA) is 44.1 Å². The second-order valence-corrected chi connectivity index (χ2v) is 7.38. The number of carbonyl (C=O) groups is 1. The van der Waals surface area contributed by atoms with Gasteiger partial charge in [-0.25, -0.2) is 0 Å². The van der Waals surface area contributed by atoms with Crippen LogP contribution in [0.2, 0.25) is 0 Å². The standard InChI is InChI=1S/C18H19BrN2O2/c19-13-7-5-12(6-8-13)14-11-15(14)18(22)23-17-4-1-3-16(17)21-10-2-9-20-21/h2,5-10,14-17H,1,3-4,11H2/t14?,15?,16-,17-/m1/s1. The maximum absolute atomic E-state index is 12.5. The molecule has 2 unspecified atom stereocenters.